The Balaban J connectivity index is 1.98. The molecule has 2 N–H and O–H groups in total. The van der Waals surface area contributed by atoms with E-state index in [2.05, 4.69) is 26.0 Å². The standard InChI is InChI=1S/C10H15BrN2O3S2/c1-7-4-9(17-10(7)11)18(14,15)13-6-8-5-12-2-3-16-8/h4,8,12-13H,2-3,5-6H2,1H3. The number of sulfonamides is 1. The average molecular weight is 355 g/mol. The number of hydrogen-bond donors (Lipinski definition) is 2. The van der Waals surface area contributed by atoms with Crippen LogP contribution in [0.1, 0.15) is 5.56 Å². The third kappa shape index (κ3) is 3.52. The van der Waals surface area contributed by atoms with Gasteiger partial charge in [0.2, 0.25) is 10.0 Å². The first-order valence-corrected chi connectivity index (χ1v) is 8.66. The van der Waals surface area contributed by atoms with Gasteiger partial charge in [0.1, 0.15) is 4.21 Å². The molecular formula is C10H15BrN2O3S2. The molecule has 1 saturated heterocycles. The Morgan fingerprint density at radius 2 is 2.44 bits per heavy atom. The minimum Gasteiger partial charge on any atom is -0.374 e. The molecule has 5 nitrogen and oxygen atoms in total. The van der Waals surface area contributed by atoms with E-state index >= 15 is 0 Å². The van der Waals surface area contributed by atoms with E-state index in [9.17, 15) is 8.42 Å². The summed E-state index contributed by atoms with van der Waals surface area (Å²) in [6, 6.07) is 1.66. The number of ether oxygens (including phenoxy) is 1. The normalized spacial score (nSPS) is 21.1. The zero-order valence-electron chi connectivity index (χ0n) is 9.90. The molecule has 1 unspecified atom stereocenters. The quantitative estimate of drug-likeness (QED) is 0.849. The molecule has 0 amide bonds. The molecule has 1 aromatic heterocycles. The molecule has 0 saturated carbocycles. The van der Waals surface area contributed by atoms with Crippen LogP contribution in [0.15, 0.2) is 14.1 Å². The van der Waals surface area contributed by atoms with E-state index in [1.807, 2.05) is 6.92 Å². The fraction of sp³-hybridized carbons (Fsp3) is 0.600. The first-order valence-electron chi connectivity index (χ1n) is 5.57. The molecule has 1 aromatic rings. The average Bonchev–Trinajstić information content (AvgIpc) is 2.70. The molecule has 2 heterocycles. The van der Waals surface area contributed by atoms with Crippen molar-refractivity contribution in [2.75, 3.05) is 26.2 Å². The predicted molar refractivity (Wildman–Crippen MR) is 74.6 cm³/mol. The molecule has 2 rings (SSSR count). The second kappa shape index (κ2) is 5.98. The zero-order valence-corrected chi connectivity index (χ0v) is 13.1. The van der Waals surface area contributed by atoms with Crippen molar-refractivity contribution in [2.24, 2.45) is 0 Å². The van der Waals surface area contributed by atoms with Crippen molar-refractivity contribution in [1.29, 1.82) is 0 Å². The predicted octanol–water partition coefficient (Wildman–Crippen LogP) is 1.09. The highest BCUT2D eigenvalue weighted by molar-refractivity contribution is 9.11. The number of thiophene rings is 1. The number of nitrogens with one attached hydrogen (secondary N) is 2. The maximum absolute atomic E-state index is 12.0. The van der Waals surface area contributed by atoms with Gasteiger partial charge in [0, 0.05) is 19.6 Å². The van der Waals surface area contributed by atoms with Gasteiger partial charge in [-0.05, 0) is 34.5 Å². The van der Waals surface area contributed by atoms with Crippen molar-refractivity contribution in [3.63, 3.8) is 0 Å². The molecule has 0 radical (unpaired) electrons. The van der Waals surface area contributed by atoms with Crippen molar-refractivity contribution >= 4 is 37.3 Å². The SMILES string of the molecule is Cc1cc(S(=O)(=O)NCC2CNCCO2)sc1Br. The second-order valence-corrected chi connectivity index (χ2v) is 8.43. The van der Waals surface area contributed by atoms with Crippen LogP contribution in [-0.2, 0) is 14.8 Å². The van der Waals surface area contributed by atoms with Gasteiger partial charge in [0.15, 0.2) is 0 Å². The lowest BCUT2D eigenvalue weighted by atomic mass is 10.3. The van der Waals surface area contributed by atoms with E-state index in [1.54, 1.807) is 6.07 Å². The Morgan fingerprint density at radius 1 is 1.67 bits per heavy atom. The van der Waals surface area contributed by atoms with Crippen LogP contribution < -0.4 is 10.0 Å². The summed E-state index contributed by atoms with van der Waals surface area (Å²) in [6.45, 7) is 4.28. The summed E-state index contributed by atoms with van der Waals surface area (Å²) in [5.41, 5.74) is 0.927. The highest BCUT2D eigenvalue weighted by Gasteiger charge is 2.21. The molecule has 0 aliphatic carbocycles. The smallest absolute Gasteiger partial charge is 0.250 e. The molecule has 0 spiro atoms. The van der Waals surface area contributed by atoms with E-state index in [0.29, 0.717) is 23.9 Å². The summed E-state index contributed by atoms with van der Waals surface area (Å²) < 4.78 is 33.3. The Labute approximate surface area is 119 Å². The van der Waals surface area contributed by atoms with Gasteiger partial charge >= 0.3 is 0 Å². The van der Waals surface area contributed by atoms with Gasteiger partial charge in [-0.15, -0.1) is 11.3 Å². The Bertz CT molecular complexity index is 490. The van der Waals surface area contributed by atoms with Gasteiger partial charge in [0.25, 0.3) is 0 Å². The monoisotopic (exact) mass is 354 g/mol. The molecule has 8 heteroatoms. The van der Waals surface area contributed by atoms with Gasteiger partial charge in [0.05, 0.1) is 16.5 Å². The molecule has 0 bridgehead atoms. The van der Waals surface area contributed by atoms with Crippen molar-refractivity contribution in [3.8, 4) is 0 Å². The molecule has 1 aliphatic heterocycles. The third-order valence-corrected chi connectivity index (χ3v) is 6.64. The van der Waals surface area contributed by atoms with E-state index in [4.69, 9.17) is 4.74 Å². The van der Waals surface area contributed by atoms with Gasteiger partial charge < -0.3 is 10.1 Å². The topological polar surface area (TPSA) is 67.4 Å². The number of halogens is 1. The summed E-state index contributed by atoms with van der Waals surface area (Å²) in [7, 11) is -3.43. The first-order chi connectivity index (χ1) is 8.49. The molecule has 1 fully saturated rings. The lowest BCUT2D eigenvalue weighted by molar-refractivity contribution is 0.0324. The fourth-order valence-corrected chi connectivity index (χ4v) is 4.93. The molecule has 0 aromatic carbocycles. The van der Waals surface area contributed by atoms with Gasteiger partial charge in [-0.3, -0.25) is 0 Å². The summed E-state index contributed by atoms with van der Waals surface area (Å²) in [5.74, 6) is 0. The van der Waals surface area contributed by atoms with Crippen LogP contribution in [0.25, 0.3) is 0 Å². The maximum Gasteiger partial charge on any atom is 0.250 e. The summed E-state index contributed by atoms with van der Waals surface area (Å²) >= 11 is 4.55. The lowest BCUT2D eigenvalue weighted by Gasteiger charge is -2.23. The van der Waals surface area contributed by atoms with Crippen LogP contribution in [0.5, 0.6) is 0 Å². The number of aryl methyl sites for hydroxylation is 1. The maximum atomic E-state index is 12.0. The van der Waals surface area contributed by atoms with Gasteiger partial charge in [-0.25, -0.2) is 13.1 Å². The number of rotatable bonds is 4. The number of morpholine rings is 1. The Morgan fingerprint density at radius 3 is 3.00 bits per heavy atom. The molecular weight excluding hydrogens is 340 g/mol. The molecule has 1 aliphatic rings. The minimum atomic E-state index is -3.43. The minimum absolute atomic E-state index is 0.0991. The number of hydrogen-bond acceptors (Lipinski definition) is 5. The van der Waals surface area contributed by atoms with Crippen LogP contribution in [0, 0.1) is 6.92 Å². The first kappa shape index (κ1) is 14.4. The molecule has 18 heavy (non-hydrogen) atoms. The largest absolute Gasteiger partial charge is 0.374 e. The Hall–Kier alpha value is 0.01000. The second-order valence-electron chi connectivity index (χ2n) is 4.07. The van der Waals surface area contributed by atoms with E-state index < -0.39 is 10.0 Å². The van der Waals surface area contributed by atoms with Crippen LogP contribution >= 0.6 is 27.3 Å². The van der Waals surface area contributed by atoms with Crippen molar-refractivity contribution in [3.05, 3.63) is 15.4 Å². The summed E-state index contributed by atoms with van der Waals surface area (Å²) in [5, 5.41) is 3.16. The highest BCUT2D eigenvalue weighted by atomic mass is 79.9. The summed E-state index contributed by atoms with van der Waals surface area (Å²) in [4.78, 5) is 0. The highest BCUT2D eigenvalue weighted by Crippen LogP contribution is 2.30. The van der Waals surface area contributed by atoms with Crippen molar-refractivity contribution in [1.82, 2.24) is 10.0 Å². The van der Waals surface area contributed by atoms with Crippen LogP contribution in [0.4, 0.5) is 0 Å². The third-order valence-electron chi connectivity index (χ3n) is 2.60. The van der Waals surface area contributed by atoms with E-state index in [-0.39, 0.29) is 6.10 Å². The molecule has 1 atom stereocenters. The van der Waals surface area contributed by atoms with Gasteiger partial charge in [-0.1, -0.05) is 0 Å². The van der Waals surface area contributed by atoms with Crippen LogP contribution in [0.3, 0.4) is 0 Å². The van der Waals surface area contributed by atoms with E-state index in [1.165, 1.54) is 11.3 Å². The van der Waals surface area contributed by atoms with E-state index in [0.717, 1.165) is 15.9 Å². The summed E-state index contributed by atoms with van der Waals surface area (Å²) in [6.07, 6.45) is -0.0991. The fourth-order valence-electron chi connectivity index (χ4n) is 1.59. The zero-order chi connectivity index (χ0) is 13.2. The van der Waals surface area contributed by atoms with Crippen LogP contribution in [0.2, 0.25) is 0 Å². The Kier molecular flexibility index (Phi) is 4.79. The van der Waals surface area contributed by atoms with Crippen molar-refractivity contribution in [2.45, 2.75) is 17.2 Å². The molecule has 102 valence electrons. The lowest BCUT2D eigenvalue weighted by Crippen LogP contribution is -2.45. The van der Waals surface area contributed by atoms with Gasteiger partial charge in [-0.2, -0.15) is 0 Å². The van der Waals surface area contributed by atoms with Crippen LogP contribution in [-0.4, -0.2) is 40.8 Å². The van der Waals surface area contributed by atoms with Crippen molar-refractivity contribution < 1.29 is 13.2 Å².